The highest BCUT2D eigenvalue weighted by Gasteiger charge is 2.53. The summed E-state index contributed by atoms with van der Waals surface area (Å²) in [5.74, 6) is -2.61. The van der Waals surface area contributed by atoms with Gasteiger partial charge in [-0.1, -0.05) is 11.6 Å². The van der Waals surface area contributed by atoms with Crippen LogP contribution in [-0.4, -0.2) is 30.3 Å². The summed E-state index contributed by atoms with van der Waals surface area (Å²) in [6, 6.07) is 6.45. The number of benzene rings is 2. The quantitative estimate of drug-likeness (QED) is 0.686. The first-order valence-electron chi connectivity index (χ1n) is 10.0. The van der Waals surface area contributed by atoms with Crippen molar-refractivity contribution in [1.29, 1.82) is 0 Å². The lowest BCUT2D eigenvalue weighted by Gasteiger charge is -2.40. The predicted octanol–water partition coefficient (Wildman–Crippen LogP) is 4.58. The highest BCUT2D eigenvalue weighted by Crippen LogP contribution is 2.51. The zero-order chi connectivity index (χ0) is 22.6. The number of amides is 1. The maximum absolute atomic E-state index is 13.4. The van der Waals surface area contributed by atoms with Crippen LogP contribution in [0.5, 0.6) is 0 Å². The number of sulfone groups is 1. The summed E-state index contributed by atoms with van der Waals surface area (Å²) in [5, 5.41) is 12.3. The maximum Gasteiger partial charge on any atom is 0.255 e. The molecule has 2 bridgehead atoms. The molecule has 0 radical (unpaired) electrons. The lowest BCUT2D eigenvalue weighted by molar-refractivity contribution is -0.0413. The number of carbonyl (C=O) groups is 1. The van der Waals surface area contributed by atoms with Crippen LogP contribution < -0.4 is 5.32 Å². The summed E-state index contributed by atoms with van der Waals surface area (Å²) in [5.41, 5.74) is -0.955. The van der Waals surface area contributed by atoms with Crippen molar-refractivity contribution in [3.8, 4) is 0 Å². The Morgan fingerprint density at radius 3 is 2.26 bits per heavy atom. The van der Waals surface area contributed by atoms with Crippen LogP contribution in [0.2, 0.25) is 5.02 Å². The van der Waals surface area contributed by atoms with Gasteiger partial charge in [-0.3, -0.25) is 4.79 Å². The van der Waals surface area contributed by atoms with E-state index in [1.165, 1.54) is 18.2 Å². The number of hydrogen-bond donors (Lipinski definition) is 2. The molecule has 2 atom stereocenters. The van der Waals surface area contributed by atoms with Crippen molar-refractivity contribution in [2.24, 2.45) is 11.8 Å². The van der Waals surface area contributed by atoms with Crippen molar-refractivity contribution in [3.05, 3.63) is 58.6 Å². The first-order valence-corrected chi connectivity index (χ1v) is 11.9. The van der Waals surface area contributed by atoms with Crippen LogP contribution in [0.15, 0.2) is 41.3 Å². The fourth-order valence-electron chi connectivity index (χ4n) is 4.89. The Balaban J connectivity index is 1.61. The Bertz CT molecular complexity index is 1120. The summed E-state index contributed by atoms with van der Waals surface area (Å²) >= 11 is 6.19. The minimum Gasteiger partial charge on any atom is -0.390 e. The molecule has 0 spiro atoms. The Kier molecular flexibility index (Phi) is 5.60. The molecular formula is C22H22ClF2NO4S. The number of hydrogen-bond acceptors (Lipinski definition) is 4. The second kappa shape index (κ2) is 7.83. The molecule has 2 N–H and O–H groups in total. The third-order valence-electron chi connectivity index (χ3n) is 6.67. The lowest BCUT2D eigenvalue weighted by Crippen LogP contribution is -2.45. The molecular weight excluding hydrogens is 448 g/mol. The van der Waals surface area contributed by atoms with Crippen LogP contribution >= 0.6 is 11.6 Å². The van der Waals surface area contributed by atoms with Gasteiger partial charge in [0.1, 0.15) is 11.6 Å². The molecule has 2 aliphatic carbocycles. The van der Waals surface area contributed by atoms with E-state index in [2.05, 4.69) is 5.32 Å². The normalized spacial score (nSPS) is 27.8. The van der Waals surface area contributed by atoms with Crippen LogP contribution in [0.25, 0.3) is 0 Å². The van der Waals surface area contributed by atoms with Crippen LogP contribution in [-0.2, 0) is 9.84 Å². The zero-order valence-corrected chi connectivity index (χ0v) is 18.3. The van der Waals surface area contributed by atoms with Crippen LogP contribution in [0, 0.1) is 23.5 Å². The standard InChI is InChI=1S/C22H22ClF2NO4S/c1-22(28)13-3-4-14(22)8-18(7-13)31(29,30)20-6-12(2-5-19(20)23)21(27)26-17-10-15(24)9-16(25)11-17/h2,5-6,9-11,13-14,18,28H,3-4,7-8H2,1H3,(H,26,27)/t13?,14?,18-,22-. The summed E-state index contributed by atoms with van der Waals surface area (Å²) in [7, 11) is -3.85. The fourth-order valence-corrected chi connectivity index (χ4v) is 7.29. The van der Waals surface area contributed by atoms with Crippen molar-refractivity contribution in [3.63, 3.8) is 0 Å². The Hall–Kier alpha value is -2.03. The third kappa shape index (κ3) is 4.08. The van der Waals surface area contributed by atoms with Gasteiger partial charge in [-0.25, -0.2) is 17.2 Å². The Morgan fingerprint density at radius 2 is 1.68 bits per heavy atom. The van der Waals surface area contributed by atoms with E-state index in [4.69, 9.17) is 11.6 Å². The van der Waals surface area contributed by atoms with E-state index in [-0.39, 0.29) is 33.0 Å². The van der Waals surface area contributed by atoms with Gasteiger partial charge in [0, 0.05) is 17.3 Å². The molecule has 2 unspecified atom stereocenters. The van der Waals surface area contributed by atoms with E-state index < -0.39 is 38.2 Å². The van der Waals surface area contributed by atoms with Crippen LogP contribution in [0.3, 0.4) is 0 Å². The minimum atomic E-state index is -3.85. The molecule has 0 heterocycles. The molecule has 2 aliphatic rings. The first-order chi connectivity index (χ1) is 14.5. The lowest BCUT2D eigenvalue weighted by atomic mass is 9.76. The monoisotopic (exact) mass is 469 g/mol. The van der Waals surface area contributed by atoms with E-state index >= 15 is 0 Å². The molecule has 5 nitrogen and oxygen atoms in total. The van der Waals surface area contributed by atoms with Gasteiger partial charge in [0.15, 0.2) is 9.84 Å². The summed E-state index contributed by atoms with van der Waals surface area (Å²) in [4.78, 5) is 12.4. The third-order valence-corrected chi connectivity index (χ3v) is 9.33. The summed E-state index contributed by atoms with van der Waals surface area (Å²) < 4.78 is 53.5. The molecule has 1 amide bonds. The fraction of sp³-hybridized carbons (Fsp3) is 0.409. The Labute approximate surface area is 184 Å². The second-order valence-electron chi connectivity index (χ2n) is 8.59. The van der Waals surface area contributed by atoms with E-state index in [1.54, 1.807) is 6.92 Å². The molecule has 0 aliphatic heterocycles. The SMILES string of the molecule is C[C@]1(O)C2CCC1C[C@@H](S(=O)(=O)c1cc(C(=O)Nc3cc(F)cc(F)c3)ccc1Cl)C2. The van der Waals surface area contributed by atoms with Gasteiger partial charge in [0.2, 0.25) is 0 Å². The number of aliphatic hydroxyl groups is 1. The first kappa shape index (κ1) is 22.2. The average Bonchev–Trinajstić information content (AvgIpc) is 2.84. The van der Waals surface area contributed by atoms with Crippen LogP contribution in [0.1, 0.15) is 43.0 Å². The van der Waals surface area contributed by atoms with Crippen molar-refractivity contribution >= 4 is 33.0 Å². The molecule has 2 aromatic carbocycles. The van der Waals surface area contributed by atoms with Gasteiger partial charge in [0.05, 0.1) is 20.8 Å². The number of anilines is 1. The number of rotatable bonds is 4. The van der Waals surface area contributed by atoms with Gasteiger partial charge in [-0.2, -0.15) is 0 Å². The average molecular weight is 470 g/mol. The van der Waals surface area contributed by atoms with E-state index in [1.807, 2.05) is 0 Å². The molecule has 0 aromatic heterocycles. The van der Waals surface area contributed by atoms with Gasteiger partial charge >= 0.3 is 0 Å². The van der Waals surface area contributed by atoms with Gasteiger partial charge in [-0.05, 0) is 74.8 Å². The van der Waals surface area contributed by atoms with Crippen LogP contribution in [0.4, 0.5) is 14.5 Å². The molecule has 2 aromatic rings. The molecule has 9 heteroatoms. The number of nitrogens with one attached hydrogen (secondary N) is 1. The van der Waals surface area contributed by atoms with Crippen molar-refractivity contribution in [1.82, 2.24) is 0 Å². The topological polar surface area (TPSA) is 83.5 Å². The number of carbonyl (C=O) groups excluding carboxylic acids is 1. The molecule has 0 saturated heterocycles. The largest absolute Gasteiger partial charge is 0.390 e. The zero-order valence-electron chi connectivity index (χ0n) is 16.7. The molecule has 4 rings (SSSR count). The number of halogens is 3. The minimum absolute atomic E-state index is 0.00146. The van der Waals surface area contributed by atoms with Crippen molar-refractivity contribution < 1.29 is 27.1 Å². The maximum atomic E-state index is 13.4. The van der Waals surface area contributed by atoms with E-state index in [0.29, 0.717) is 18.9 Å². The number of fused-ring (bicyclic) bond motifs is 2. The van der Waals surface area contributed by atoms with Crippen molar-refractivity contribution in [2.45, 2.75) is 48.4 Å². The highest BCUT2D eigenvalue weighted by atomic mass is 35.5. The summed E-state index contributed by atoms with van der Waals surface area (Å²) in [6.07, 6.45) is 2.23. The predicted molar refractivity (Wildman–Crippen MR) is 113 cm³/mol. The Morgan fingerprint density at radius 1 is 1.10 bits per heavy atom. The molecule has 166 valence electrons. The van der Waals surface area contributed by atoms with E-state index in [9.17, 15) is 27.1 Å². The molecule has 2 fully saturated rings. The van der Waals surface area contributed by atoms with Gasteiger partial charge in [0.25, 0.3) is 5.91 Å². The molecule has 2 saturated carbocycles. The summed E-state index contributed by atoms with van der Waals surface area (Å²) in [6.45, 7) is 1.77. The second-order valence-corrected chi connectivity index (χ2v) is 11.2. The highest BCUT2D eigenvalue weighted by molar-refractivity contribution is 7.92. The van der Waals surface area contributed by atoms with Gasteiger partial charge < -0.3 is 10.4 Å². The van der Waals surface area contributed by atoms with Crippen molar-refractivity contribution in [2.75, 3.05) is 5.32 Å². The molecule has 31 heavy (non-hydrogen) atoms. The van der Waals surface area contributed by atoms with E-state index in [0.717, 1.165) is 25.0 Å². The smallest absolute Gasteiger partial charge is 0.255 e. The van der Waals surface area contributed by atoms with Gasteiger partial charge in [-0.15, -0.1) is 0 Å².